The topological polar surface area (TPSA) is 47.6 Å². The van der Waals surface area contributed by atoms with Crippen LogP contribution >= 0.6 is 11.6 Å². The molecule has 5 heteroatoms. The second kappa shape index (κ2) is 8.41. The number of halogens is 1. The van der Waals surface area contributed by atoms with Gasteiger partial charge in [-0.25, -0.2) is 0 Å². The fraction of sp³-hybridized carbons (Fsp3) is 0.0952. The number of anilines is 1. The molecule has 1 N–H and O–H groups in total. The van der Waals surface area contributed by atoms with E-state index in [-0.39, 0.29) is 5.91 Å². The number of amides is 1. The minimum atomic E-state index is -0.659. The van der Waals surface area contributed by atoms with Gasteiger partial charge in [-0.1, -0.05) is 35.9 Å². The second-order valence-electron chi connectivity index (χ2n) is 5.65. The molecule has 0 aliphatic carbocycles. The molecule has 0 fully saturated rings. The maximum Gasteiger partial charge on any atom is 0.265 e. The van der Waals surface area contributed by atoms with E-state index >= 15 is 0 Å². The highest BCUT2D eigenvalue weighted by molar-refractivity contribution is 6.30. The average molecular weight is 368 g/mol. The minimum absolute atomic E-state index is 0.248. The molecule has 3 aromatic rings. The van der Waals surface area contributed by atoms with Gasteiger partial charge in [0.2, 0.25) is 0 Å². The summed E-state index contributed by atoms with van der Waals surface area (Å²) in [6, 6.07) is 23.6. The van der Waals surface area contributed by atoms with E-state index in [2.05, 4.69) is 5.32 Å². The number of hydrogen-bond acceptors (Lipinski definition) is 3. The molecule has 1 amide bonds. The maximum atomic E-state index is 12.3. The molecule has 0 aliphatic heterocycles. The van der Waals surface area contributed by atoms with Crippen LogP contribution in [0.3, 0.4) is 0 Å². The lowest BCUT2D eigenvalue weighted by Crippen LogP contribution is -2.30. The number of carbonyl (C=O) groups is 1. The highest BCUT2D eigenvalue weighted by Crippen LogP contribution is 2.23. The van der Waals surface area contributed by atoms with Gasteiger partial charge in [-0.15, -0.1) is 0 Å². The number of nitrogens with one attached hydrogen (secondary N) is 1. The van der Waals surface area contributed by atoms with E-state index in [1.54, 1.807) is 55.5 Å². The van der Waals surface area contributed by atoms with Crippen LogP contribution in [-0.4, -0.2) is 12.0 Å². The lowest BCUT2D eigenvalue weighted by Gasteiger charge is -2.15. The molecular formula is C21H18ClNO3. The number of ether oxygens (including phenoxy) is 2. The summed E-state index contributed by atoms with van der Waals surface area (Å²) < 4.78 is 11.3. The third-order valence-electron chi connectivity index (χ3n) is 3.58. The summed E-state index contributed by atoms with van der Waals surface area (Å²) >= 11 is 5.92. The van der Waals surface area contributed by atoms with E-state index in [1.165, 1.54) is 0 Å². The van der Waals surface area contributed by atoms with Crippen LogP contribution in [0.25, 0.3) is 0 Å². The van der Waals surface area contributed by atoms with Crippen LogP contribution in [0.1, 0.15) is 6.92 Å². The predicted molar refractivity (Wildman–Crippen MR) is 103 cm³/mol. The predicted octanol–water partition coefficient (Wildman–Crippen LogP) is 5.54. The van der Waals surface area contributed by atoms with Crippen LogP contribution < -0.4 is 14.8 Å². The highest BCUT2D eigenvalue weighted by atomic mass is 35.5. The van der Waals surface area contributed by atoms with Crippen molar-refractivity contribution in [2.24, 2.45) is 0 Å². The summed E-state index contributed by atoms with van der Waals surface area (Å²) in [5, 5.41) is 3.37. The molecule has 26 heavy (non-hydrogen) atoms. The highest BCUT2D eigenvalue weighted by Gasteiger charge is 2.15. The number of benzene rings is 3. The Kier molecular flexibility index (Phi) is 5.77. The molecule has 0 bridgehead atoms. The molecule has 1 atom stereocenters. The molecule has 0 unspecified atom stereocenters. The summed E-state index contributed by atoms with van der Waals surface area (Å²) in [7, 11) is 0. The Balaban J connectivity index is 1.57. The van der Waals surface area contributed by atoms with Gasteiger partial charge >= 0.3 is 0 Å². The SMILES string of the molecule is C[C@H](Oc1cccc(Cl)c1)C(=O)Nc1ccc(Oc2ccccc2)cc1. The molecule has 0 aromatic heterocycles. The lowest BCUT2D eigenvalue weighted by molar-refractivity contribution is -0.122. The van der Waals surface area contributed by atoms with Crippen LogP contribution in [0.4, 0.5) is 5.69 Å². The van der Waals surface area contributed by atoms with Crippen LogP contribution in [0.15, 0.2) is 78.9 Å². The Morgan fingerprint density at radius 2 is 1.54 bits per heavy atom. The molecule has 0 aliphatic rings. The molecule has 0 heterocycles. The fourth-order valence-electron chi connectivity index (χ4n) is 2.27. The summed E-state index contributed by atoms with van der Waals surface area (Å²) in [6.45, 7) is 1.68. The van der Waals surface area contributed by atoms with Crippen molar-refractivity contribution in [3.63, 3.8) is 0 Å². The third kappa shape index (κ3) is 5.01. The van der Waals surface area contributed by atoms with Gasteiger partial charge in [-0.3, -0.25) is 4.79 Å². The van der Waals surface area contributed by atoms with Crippen LogP contribution in [0, 0.1) is 0 Å². The summed E-state index contributed by atoms with van der Waals surface area (Å²) in [6.07, 6.45) is -0.659. The Labute approximate surface area is 157 Å². The molecular weight excluding hydrogens is 350 g/mol. The van der Waals surface area contributed by atoms with E-state index in [0.29, 0.717) is 22.2 Å². The van der Waals surface area contributed by atoms with E-state index in [0.717, 1.165) is 5.75 Å². The first-order valence-electron chi connectivity index (χ1n) is 8.16. The normalized spacial score (nSPS) is 11.5. The van der Waals surface area contributed by atoms with Crippen molar-refractivity contribution in [2.45, 2.75) is 13.0 Å². The fourth-order valence-corrected chi connectivity index (χ4v) is 2.45. The number of carbonyl (C=O) groups excluding carboxylic acids is 1. The Hall–Kier alpha value is -2.98. The Bertz CT molecular complexity index is 866. The first-order valence-corrected chi connectivity index (χ1v) is 8.54. The summed E-state index contributed by atoms with van der Waals surface area (Å²) in [5.41, 5.74) is 0.664. The smallest absolute Gasteiger partial charge is 0.265 e. The maximum absolute atomic E-state index is 12.3. The van der Waals surface area contributed by atoms with Gasteiger partial charge in [0, 0.05) is 10.7 Å². The van der Waals surface area contributed by atoms with Crippen molar-refractivity contribution in [3.05, 3.63) is 83.9 Å². The van der Waals surface area contributed by atoms with Crippen molar-refractivity contribution in [1.82, 2.24) is 0 Å². The van der Waals surface area contributed by atoms with Crippen molar-refractivity contribution in [1.29, 1.82) is 0 Å². The third-order valence-corrected chi connectivity index (χ3v) is 3.81. The standard InChI is InChI=1S/C21H18ClNO3/c1-15(25-20-9-5-6-16(22)14-20)21(24)23-17-10-12-19(13-11-17)26-18-7-3-2-4-8-18/h2-15H,1H3,(H,23,24)/t15-/m0/s1. The molecule has 0 saturated heterocycles. The number of rotatable bonds is 6. The van der Waals surface area contributed by atoms with Crippen molar-refractivity contribution >= 4 is 23.2 Å². The largest absolute Gasteiger partial charge is 0.481 e. The van der Waals surface area contributed by atoms with Crippen molar-refractivity contribution < 1.29 is 14.3 Å². The van der Waals surface area contributed by atoms with Crippen molar-refractivity contribution in [2.75, 3.05) is 5.32 Å². The summed E-state index contributed by atoms with van der Waals surface area (Å²) in [4.78, 5) is 12.3. The van der Waals surface area contributed by atoms with Gasteiger partial charge in [-0.05, 0) is 61.5 Å². The number of para-hydroxylation sites is 1. The molecule has 3 aromatic carbocycles. The first-order chi connectivity index (χ1) is 12.6. The van der Waals surface area contributed by atoms with E-state index in [1.807, 2.05) is 30.3 Å². The van der Waals surface area contributed by atoms with Crippen LogP contribution in [-0.2, 0) is 4.79 Å². The van der Waals surface area contributed by atoms with Crippen molar-refractivity contribution in [3.8, 4) is 17.2 Å². The zero-order valence-electron chi connectivity index (χ0n) is 14.2. The minimum Gasteiger partial charge on any atom is -0.481 e. The average Bonchev–Trinajstić information content (AvgIpc) is 2.64. The lowest BCUT2D eigenvalue weighted by atomic mass is 10.2. The van der Waals surface area contributed by atoms with Gasteiger partial charge < -0.3 is 14.8 Å². The number of hydrogen-bond donors (Lipinski definition) is 1. The monoisotopic (exact) mass is 367 g/mol. The zero-order valence-corrected chi connectivity index (χ0v) is 14.9. The van der Waals surface area contributed by atoms with Gasteiger partial charge in [0.05, 0.1) is 0 Å². The van der Waals surface area contributed by atoms with Gasteiger partial charge in [0.1, 0.15) is 17.2 Å². The van der Waals surface area contributed by atoms with Gasteiger partial charge in [-0.2, -0.15) is 0 Å². The van der Waals surface area contributed by atoms with Gasteiger partial charge in [0.15, 0.2) is 6.10 Å². The quantitative estimate of drug-likeness (QED) is 0.622. The van der Waals surface area contributed by atoms with E-state index in [9.17, 15) is 4.79 Å². The van der Waals surface area contributed by atoms with Crippen LogP contribution in [0.2, 0.25) is 5.02 Å². The molecule has 0 saturated carbocycles. The molecule has 3 rings (SSSR count). The second-order valence-corrected chi connectivity index (χ2v) is 6.08. The molecule has 132 valence electrons. The van der Waals surface area contributed by atoms with Crippen LogP contribution in [0.5, 0.6) is 17.2 Å². The molecule has 0 spiro atoms. The Morgan fingerprint density at radius 1 is 0.885 bits per heavy atom. The van der Waals surface area contributed by atoms with Gasteiger partial charge in [0.25, 0.3) is 5.91 Å². The molecule has 0 radical (unpaired) electrons. The first kappa shape index (κ1) is 17.8. The Morgan fingerprint density at radius 3 is 2.23 bits per heavy atom. The van der Waals surface area contributed by atoms with E-state index < -0.39 is 6.10 Å². The molecule has 4 nitrogen and oxygen atoms in total. The zero-order chi connectivity index (χ0) is 18.4. The van der Waals surface area contributed by atoms with E-state index in [4.69, 9.17) is 21.1 Å². The summed E-state index contributed by atoms with van der Waals surface area (Å²) in [5.74, 6) is 1.75.